The summed E-state index contributed by atoms with van der Waals surface area (Å²) in [6, 6.07) is 0. The monoisotopic (exact) mass is 128 g/mol. The summed E-state index contributed by atoms with van der Waals surface area (Å²) in [6.07, 6.45) is 7.46. The van der Waals surface area contributed by atoms with Crippen LogP contribution in [0.1, 0.15) is 0 Å². The van der Waals surface area contributed by atoms with Gasteiger partial charge in [0.2, 0.25) is 0 Å². The second kappa shape index (κ2) is 2.57. The molecular weight excluding hydrogens is 122 g/mol. The summed E-state index contributed by atoms with van der Waals surface area (Å²) in [4.78, 5) is 0. The first-order valence-electron chi connectivity index (χ1n) is 2.33. The van der Waals surface area contributed by atoms with Gasteiger partial charge in [-0.25, -0.2) is 0 Å². The van der Waals surface area contributed by atoms with Gasteiger partial charge in [-0.2, -0.15) is 0 Å². The topological polar surface area (TPSA) is 20.1 Å². The molecule has 0 amide bonds. The maximum absolute atomic E-state index is 10.0. The third-order valence-corrected chi connectivity index (χ3v) is 1.34. The fraction of sp³-hybridized carbons (Fsp3) is 0.200. The van der Waals surface area contributed by atoms with Gasteiger partial charge in [-0.3, -0.25) is 0 Å². The summed E-state index contributed by atoms with van der Waals surface area (Å²) >= 11 is 0.491. The minimum absolute atomic E-state index is 0.491. The Morgan fingerprint density at radius 3 is 2.75 bits per heavy atom. The molecule has 2 nitrogen and oxygen atoms in total. The van der Waals surface area contributed by atoms with Gasteiger partial charge >= 0.3 is 11.5 Å². The van der Waals surface area contributed by atoms with Crippen LogP contribution < -0.4 is 0 Å². The van der Waals surface area contributed by atoms with Crippen molar-refractivity contribution in [3.05, 3.63) is 24.4 Å². The Bertz CT molecular complexity index is 189. The van der Waals surface area contributed by atoms with E-state index in [1.54, 1.807) is 10.1 Å². The van der Waals surface area contributed by atoms with Crippen LogP contribution in [-0.2, 0) is 11.5 Å². The average Bonchev–Trinajstić information content (AvgIpc) is 1.90. The minimum Gasteiger partial charge on any atom is -0.141 e. The van der Waals surface area contributed by atoms with Crippen LogP contribution in [0, 0.1) is 0 Å². The zero-order valence-electron chi connectivity index (χ0n) is 4.28. The fourth-order valence-electron chi connectivity index (χ4n) is 0.505. The second-order valence-electron chi connectivity index (χ2n) is 1.44. The van der Waals surface area contributed by atoms with E-state index in [0.29, 0.717) is 11.5 Å². The first kappa shape index (κ1) is 5.44. The Labute approximate surface area is 51.4 Å². The Kier molecular flexibility index (Phi) is 1.75. The quantitative estimate of drug-likeness (QED) is 0.434. The normalized spacial score (nSPS) is 16.8. The molecule has 0 saturated heterocycles. The predicted molar refractivity (Wildman–Crippen MR) is 31.5 cm³/mol. The van der Waals surface area contributed by atoms with Gasteiger partial charge in [-0.15, -0.1) is 8.15 Å². The Morgan fingerprint density at radius 1 is 1.50 bits per heavy atom. The second-order valence-corrected chi connectivity index (χ2v) is 2.06. The van der Waals surface area contributed by atoms with Gasteiger partial charge in [0.25, 0.3) is 0 Å². The molecule has 1 aliphatic rings. The summed E-state index contributed by atoms with van der Waals surface area (Å²) in [5.41, 5.74) is 0. The lowest BCUT2D eigenvalue weighted by atomic mass is 10.4. The van der Waals surface area contributed by atoms with Crippen LogP contribution in [-0.4, -0.2) is 14.7 Å². The van der Waals surface area contributed by atoms with Gasteiger partial charge in [-0.1, -0.05) is 6.08 Å². The van der Waals surface area contributed by atoms with E-state index in [1.165, 1.54) is 0 Å². The van der Waals surface area contributed by atoms with E-state index in [-0.39, 0.29) is 0 Å². The molecule has 0 aliphatic carbocycles. The van der Waals surface area contributed by atoms with Gasteiger partial charge in [0, 0.05) is 6.08 Å². The molecule has 0 unspecified atom stereocenters. The molecule has 0 spiro atoms. The molecule has 0 bridgehead atoms. The molecule has 0 aromatic rings. The lowest BCUT2D eigenvalue weighted by Crippen LogP contribution is -2.01. The number of hydrogen-bond acceptors (Lipinski definition) is 1. The maximum Gasteiger partial charge on any atom is 0.385 e. The number of allylic oxidation sites excluding steroid dienone is 2. The van der Waals surface area contributed by atoms with Crippen LogP contribution in [0.15, 0.2) is 24.4 Å². The van der Waals surface area contributed by atoms with Crippen LogP contribution in [0.5, 0.6) is 0 Å². The van der Waals surface area contributed by atoms with E-state index >= 15 is 0 Å². The lowest BCUT2D eigenvalue weighted by molar-refractivity contribution is -0.416. The van der Waals surface area contributed by atoms with Gasteiger partial charge in [0.15, 0.2) is 12.7 Å². The highest BCUT2D eigenvalue weighted by Gasteiger charge is 1.97. The van der Waals surface area contributed by atoms with Crippen molar-refractivity contribution >= 4 is 11.5 Å². The molecule has 0 saturated carbocycles. The summed E-state index contributed by atoms with van der Waals surface area (Å²) in [5, 5.41) is 0. The van der Waals surface area contributed by atoms with Crippen LogP contribution >= 0.6 is 0 Å². The highest BCUT2D eigenvalue weighted by atomic mass is 32.1. The summed E-state index contributed by atoms with van der Waals surface area (Å²) in [5.74, 6) is 0. The molecule has 0 radical (unpaired) electrons. The van der Waals surface area contributed by atoms with Gasteiger partial charge in [0.05, 0.1) is 0 Å². The van der Waals surface area contributed by atoms with Crippen molar-refractivity contribution in [3.63, 3.8) is 0 Å². The average molecular weight is 128 g/mol. The molecule has 1 aliphatic heterocycles. The van der Waals surface area contributed by atoms with Crippen molar-refractivity contribution in [1.82, 2.24) is 0 Å². The molecule has 1 heterocycles. The Hall–Kier alpha value is -0.700. The van der Waals surface area contributed by atoms with E-state index in [0.717, 1.165) is 6.54 Å². The zero-order chi connectivity index (χ0) is 5.82. The van der Waals surface area contributed by atoms with E-state index in [9.17, 15) is 4.21 Å². The molecule has 1 rings (SSSR count). The smallest absolute Gasteiger partial charge is 0.141 e. The van der Waals surface area contributed by atoms with Crippen LogP contribution in [0.3, 0.4) is 0 Å². The summed E-state index contributed by atoms with van der Waals surface area (Å²) in [6.45, 7) is 0.727. The van der Waals surface area contributed by atoms with Crippen molar-refractivity contribution in [2.45, 2.75) is 0 Å². The van der Waals surface area contributed by atoms with Crippen molar-refractivity contribution in [2.75, 3.05) is 6.54 Å². The van der Waals surface area contributed by atoms with E-state index in [4.69, 9.17) is 0 Å². The molecule has 0 fully saturated rings. The van der Waals surface area contributed by atoms with Crippen molar-refractivity contribution in [3.8, 4) is 0 Å². The highest BCUT2D eigenvalue weighted by Crippen LogP contribution is 1.87. The number of nitrogens with zero attached hydrogens (tertiary/aromatic N) is 1. The summed E-state index contributed by atoms with van der Waals surface area (Å²) in [7, 11) is 0. The Balaban J connectivity index is 2.80. The molecule has 42 valence electrons. The van der Waals surface area contributed by atoms with Gasteiger partial charge in [-0.05, 0) is 6.08 Å². The van der Waals surface area contributed by atoms with Crippen molar-refractivity contribution in [2.24, 2.45) is 0 Å². The minimum atomic E-state index is 0.491. The largest absolute Gasteiger partial charge is 0.385 e. The molecule has 3 heteroatoms. The number of hydrogen-bond donors (Lipinski definition) is 0. The zero-order valence-corrected chi connectivity index (χ0v) is 5.10. The lowest BCUT2D eigenvalue weighted by Gasteiger charge is -1.86. The standard InChI is InChI=1S/C5H6NOS/c7-8-6-4-2-1-3-5-6/h1-4H,5H2/q+1. The molecule has 0 aromatic heterocycles. The van der Waals surface area contributed by atoms with E-state index in [2.05, 4.69) is 0 Å². The van der Waals surface area contributed by atoms with E-state index in [1.807, 2.05) is 18.2 Å². The van der Waals surface area contributed by atoms with Gasteiger partial charge < -0.3 is 0 Å². The third kappa shape index (κ3) is 1.13. The molecule has 0 aromatic carbocycles. The molecule has 8 heavy (non-hydrogen) atoms. The maximum atomic E-state index is 10.0. The fourth-order valence-corrected chi connectivity index (χ4v) is 0.772. The van der Waals surface area contributed by atoms with Crippen LogP contribution in [0.4, 0.5) is 0 Å². The van der Waals surface area contributed by atoms with Gasteiger partial charge in [0.1, 0.15) is 0 Å². The first-order valence-corrected chi connectivity index (χ1v) is 3.03. The Morgan fingerprint density at radius 2 is 2.38 bits per heavy atom. The molecular formula is C5H6NOS+. The highest BCUT2D eigenvalue weighted by molar-refractivity contribution is 7.51. The van der Waals surface area contributed by atoms with Crippen molar-refractivity contribution in [1.29, 1.82) is 0 Å². The third-order valence-electron chi connectivity index (χ3n) is 0.881. The molecule has 0 N–H and O–H groups in total. The molecule has 0 atom stereocenters. The first-order chi connectivity index (χ1) is 3.93. The summed E-state index contributed by atoms with van der Waals surface area (Å²) < 4.78 is 11.7. The number of rotatable bonds is 0. The predicted octanol–water partition coefficient (Wildman–Crippen LogP) is 0.479. The SMILES string of the molecule is O=S=[N+]1C=CC=CC1. The van der Waals surface area contributed by atoms with E-state index < -0.39 is 0 Å². The van der Waals surface area contributed by atoms with Crippen LogP contribution in [0.2, 0.25) is 0 Å². The van der Waals surface area contributed by atoms with Crippen LogP contribution in [0.25, 0.3) is 0 Å². The van der Waals surface area contributed by atoms with Crippen molar-refractivity contribution < 1.29 is 8.15 Å².